The van der Waals surface area contributed by atoms with Gasteiger partial charge in [0.1, 0.15) is 6.54 Å². The van der Waals surface area contributed by atoms with Crippen molar-refractivity contribution in [2.24, 2.45) is 11.7 Å². The van der Waals surface area contributed by atoms with Crippen LogP contribution in [-0.2, 0) is 0 Å². The molecule has 0 aliphatic carbocycles. The number of hydrogen-bond acceptors (Lipinski definition) is 2. The molecule has 1 atom stereocenters. The Morgan fingerprint density at radius 2 is 2.18 bits per heavy atom. The van der Waals surface area contributed by atoms with Crippen LogP contribution in [0.15, 0.2) is 0 Å². The van der Waals surface area contributed by atoms with Crippen LogP contribution >= 0.6 is 0 Å². The maximum Gasteiger partial charge on any atom is 0.405 e. The molecule has 1 fully saturated rings. The van der Waals surface area contributed by atoms with Crippen molar-refractivity contribution in [3.63, 3.8) is 0 Å². The SMILES string of the molecule is NCCC1CCCN(C(=O)NCC(F)(F)F)C1. The summed E-state index contributed by atoms with van der Waals surface area (Å²) in [6, 6.07) is -0.635. The largest absolute Gasteiger partial charge is 0.405 e. The Balaban J connectivity index is 2.36. The van der Waals surface area contributed by atoms with Crippen LogP contribution in [0.1, 0.15) is 19.3 Å². The molecule has 0 aromatic rings. The maximum atomic E-state index is 11.9. The van der Waals surface area contributed by atoms with Gasteiger partial charge < -0.3 is 16.0 Å². The van der Waals surface area contributed by atoms with E-state index in [0.29, 0.717) is 25.6 Å². The Labute approximate surface area is 98.3 Å². The van der Waals surface area contributed by atoms with Crippen LogP contribution in [0.4, 0.5) is 18.0 Å². The van der Waals surface area contributed by atoms with E-state index >= 15 is 0 Å². The fourth-order valence-electron chi connectivity index (χ4n) is 2.01. The van der Waals surface area contributed by atoms with E-state index < -0.39 is 18.8 Å². The minimum Gasteiger partial charge on any atom is -0.330 e. The predicted octanol–water partition coefficient (Wildman–Crippen LogP) is 1.32. The summed E-state index contributed by atoms with van der Waals surface area (Å²) in [6.45, 7) is 0.290. The summed E-state index contributed by atoms with van der Waals surface area (Å²) < 4.78 is 35.8. The Morgan fingerprint density at radius 1 is 1.47 bits per heavy atom. The number of carbonyl (C=O) groups excluding carboxylic acids is 1. The summed E-state index contributed by atoms with van der Waals surface area (Å²) in [7, 11) is 0. The molecule has 17 heavy (non-hydrogen) atoms. The first-order chi connectivity index (χ1) is 7.92. The Bertz CT molecular complexity index is 256. The molecule has 7 heteroatoms. The van der Waals surface area contributed by atoms with Crippen molar-refractivity contribution in [1.82, 2.24) is 10.2 Å². The highest BCUT2D eigenvalue weighted by Crippen LogP contribution is 2.19. The second-order valence-electron chi connectivity index (χ2n) is 4.31. The van der Waals surface area contributed by atoms with Gasteiger partial charge in [0, 0.05) is 13.1 Å². The van der Waals surface area contributed by atoms with E-state index in [2.05, 4.69) is 0 Å². The van der Waals surface area contributed by atoms with Crippen molar-refractivity contribution in [2.75, 3.05) is 26.2 Å². The van der Waals surface area contributed by atoms with Crippen molar-refractivity contribution in [3.8, 4) is 0 Å². The molecule has 1 heterocycles. The number of carbonyl (C=O) groups is 1. The fraction of sp³-hybridized carbons (Fsp3) is 0.900. The van der Waals surface area contributed by atoms with Crippen LogP contribution in [-0.4, -0.2) is 43.3 Å². The van der Waals surface area contributed by atoms with E-state index in [1.165, 1.54) is 4.90 Å². The molecular formula is C10H18F3N3O. The monoisotopic (exact) mass is 253 g/mol. The van der Waals surface area contributed by atoms with Crippen LogP contribution in [0.5, 0.6) is 0 Å². The summed E-state index contributed by atoms with van der Waals surface area (Å²) in [5.74, 6) is 0.311. The first-order valence-corrected chi connectivity index (χ1v) is 5.72. The van der Waals surface area contributed by atoms with Gasteiger partial charge in [0.25, 0.3) is 0 Å². The predicted molar refractivity (Wildman–Crippen MR) is 57.4 cm³/mol. The average molecular weight is 253 g/mol. The van der Waals surface area contributed by atoms with E-state index in [4.69, 9.17) is 5.73 Å². The van der Waals surface area contributed by atoms with Crippen LogP contribution in [0.2, 0.25) is 0 Å². The van der Waals surface area contributed by atoms with Gasteiger partial charge in [0.15, 0.2) is 0 Å². The Kier molecular flexibility index (Phi) is 5.04. The van der Waals surface area contributed by atoms with Crippen LogP contribution in [0.25, 0.3) is 0 Å². The van der Waals surface area contributed by atoms with Crippen molar-refractivity contribution in [3.05, 3.63) is 0 Å². The van der Waals surface area contributed by atoms with Gasteiger partial charge in [-0.3, -0.25) is 0 Å². The highest BCUT2D eigenvalue weighted by molar-refractivity contribution is 5.74. The van der Waals surface area contributed by atoms with E-state index in [9.17, 15) is 18.0 Å². The number of amides is 2. The number of nitrogens with zero attached hydrogens (tertiary/aromatic N) is 1. The van der Waals surface area contributed by atoms with Gasteiger partial charge in [-0.2, -0.15) is 13.2 Å². The topological polar surface area (TPSA) is 58.4 Å². The number of rotatable bonds is 3. The molecular weight excluding hydrogens is 235 g/mol. The van der Waals surface area contributed by atoms with Crippen molar-refractivity contribution in [1.29, 1.82) is 0 Å². The molecule has 3 N–H and O–H groups in total. The van der Waals surface area contributed by atoms with Gasteiger partial charge in [-0.1, -0.05) is 0 Å². The second-order valence-corrected chi connectivity index (χ2v) is 4.31. The molecule has 0 radical (unpaired) electrons. The quantitative estimate of drug-likeness (QED) is 0.797. The van der Waals surface area contributed by atoms with Crippen LogP contribution in [0, 0.1) is 5.92 Å². The molecule has 100 valence electrons. The van der Waals surface area contributed by atoms with Gasteiger partial charge in [-0.05, 0) is 31.7 Å². The minimum atomic E-state index is -4.36. The van der Waals surface area contributed by atoms with E-state index in [0.717, 1.165) is 19.3 Å². The summed E-state index contributed by atoms with van der Waals surface area (Å²) in [6.07, 6.45) is -1.74. The van der Waals surface area contributed by atoms with Crippen LogP contribution in [0.3, 0.4) is 0 Å². The lowest BCUT2D eigenvalue weighted by atomic mass is 9.95. The zero-order chi connectivity index (χ0) is 12.9. The van der Waals surface area contributed by atoms with Gasteiger partial charge in [0.05, 0.1) is 0 Å². The zero-order valence-electron chi connectivity index (χ0n) is 9.59. The maximum absolute atomic E-state index is 11.9. The number of piperidine rings is 1. The van der Waals surface area contributed by atoms with Gasteiger partial charge in [0.2, 0.25) is 0 Å². The Hall–Kier alpha value is -0.980. The molecule has 1 aliphatic rings. The molecule has 1 saturated heterocycles. The normalized spacial score (nSPS) is 21.4. The van der Waals surface area contributed by atoms with Crippen molar-refractivity contribution < 1.29 is 18.0 Å². The lowest BCUT2D eigenvalue weighted by Gasteiger charge is -2.32. The van der Waals surface area contributed by atoms with Crippen molar-refractivity contribution >= 4 is 6.03 Å². The molecule has 0 aromatic carbocycles. The third-order valence-corrected chi connectivity index (χ3v) is 2.82. The summed E-state index contributed by atoms with van der Waals surface area (Å²) in [4.78, 5) is 12.9. The molecule has 0 aromatic heterocycles. The third kappa shape index (κ3) is 5.25. The molecule has 1 unspecified atom stereocenters. The number of nitrogens with one attached hydrogen (secondary N) is 1. The first-order valence-electron chi connectivity index (χ1n) is 5.72. The molecule has 1 aliphatic heterocycles. The van der Waals surface area contributed by atoms with Gasteiger partial charge >= 0.3 is 12.2 Å². The third-order valence-electron chi connectivity index (χ3n) is 2.82. The highest BCUT2D eigenvalue weighted by atomic mass is 19.4. The molecule has 0 spiro atoms. The summed E-state index contributed by atoms with van der Waals surface area (Å²) in [5, 5.41) is 1.89. The molecule has 0 saturated carbocycles. The number of alkyl halides is 3. The molecule has 1 rings (SSSR count). The summed E-state index contributed by atoms with van der Waals surface area (Å²) in [5.41, 5.74) is 5.43. The summed E-state index contributed by atoms with van der Waals surface area (Å²) >= 11 is 0. The lowest BCUT2D eigenvalue weighted by molar-refractivity contribution is -0.123. The number of hydrogen-bond donors (Lipinski definition) is 2. The average Bonchev–Trinajstić information content (AvgIpc) is 2.26. The Morgan fingerprint density at radius 3 is 2.76 bits per heavy atom. The smallest absolute Gasteiger partial charge is 0.330 e. The molecule has 2 amide bonds. The minimum absolute atomic E-state index is 0.311. The lowest BCUT2D eigenvalue weighted by Crippen LogP contribution is -2.47. The number of urea groups is 1. The standard InChI is InChI=1S/C10H18F3N3O/c11-10(12,13)7-15-9(17)16-5-1-2-8(6-16)3-4-14/h8H,1-7,14H2,(H,15,17). The number of halogens is 3. The molecule has 0 bridgehead atoms. The number of nitrogens with two attached hydrogens (primary N) is 1. The number of likely N-dealkylation sites (tertiary alicyclic amines) is 1. The fourth-order valence-corrected chi connectivity index (χ4v) is 2.01. The molecule has 4 nitrogen and oxygen atoms in total. The van der Waals surface area contributed by atoms with Gasteiger partial charge in [-0.15, -0.1) is 0 Å². The van der Waals surface area contributed by atoms with Crippen LogP contribution < -0.4 is 11.1 Å². The van der Waals surface area contributed by atoms with Crippen molar-refractivity contribution in [2.45, 2.75) is 25.4 Å². The second kappa shape index (κ2) is 6.09. The van der Waals surface area contributed by atoms with E-state index in [1.807, 2.05) is 5.32 Å². The first kappa shape index (κ1) is 14.1. The van der Waals surface area contributed by atoms with E-state index in [1.54, 1.807) is 0 Å². The van der Waals surface area contributed by atoms with Gasteiger partial charge in [-0.25, -0.2) is 4.79 Å². The van der Waals surface area contributed by atoms with E-state index in [-0.39, 0.29) is 0 Å². The highest BCUT2D eigenvalue weighted by Gasteiger charge is 2.30. The zero-order valence-corrected chi connectivity index (χ0v) is 9.59.